The van der Waals surface area contributed by atoms with Gasteiger partial charge in [0.1, 0.15) is 6.04 Å². The van der Waals surface area contributed by atoms with Crippen LogP contribution in [0.1, 0.15) is 11.1 Å². The predicted molar refractivity (Wildman–Crippen MR) is 102 cm³/mol. The van der Waals surface area contributed by atoms with E-state index in [1.165, 1.54) is 6.08 Å². The number of amides is 2. The number of nitrogens with zero attached hydrogens (tertiary/aromatic N) is 1. The number of para-hydroxylation sites is 1. The maximum absolute atomic E-state index is 12.2. The lowest BCUT2D eigenvalue weighted by Gasteiger charge is -2.14. The molecule has 0 aliphatic carbocycles. The van der Waals surface area contributed by atoms with Gasteiger partial charge in [0.2, 0.25) is 11.8 Å². The molecule has 5 heteroatoms. The summed E-state index contributed by atoms with van der Waals surface area (Å²) in [5.74, 6) is -0.935. The first-order valence-corrected chi connectivity index (χ1v) is 8.29. The lowest BCUT2D eigenvalue weighted by atomic mass is 10.1. The van der Waals surface area contributed by atoms with Gasteiger partial charge in [-0.1, -0.05) is 48.5 Å². The van der Waals surface area contributed by atoms with Gasteiger partial charge in [-0.05, 0) is 29.3 Å². The molecule has 0 unspecified atom stereocenters. The number of hydrogen-bond donors (Lipinski definition) is 2. The number of aromatic nitrogens is 1. The van der Waals surface area contributed by atoms with E-state index in [4.69, 9.17) is 5.73 Å². The SMILES string of the molecule is NC(=O)[C@H](Cc1ccccc1)NC(=O)/C=C\c1ccnc2ccccc12. The molecule has 1 heterocycles. The van der Waals surface area contributed by atoms with Crippen LogP contribution in [0.3, 0.4) is 0 Å². The van der Waals surface area contributed by atoms with Gasteiger partial charge < -0.3 is 11.1 Å². The number of primary amides is 1. The van der Waals surface area contributed by atoms with E-state index in [1.807, 2.05) is 60.7 Å². The van der Waals surface area contributed by atoms with Crippen molar-refractivity contribution in [3.8, 4) is 0 Å². The van der Waals surface area contributed by atoms with Gasteiger partial charge in [0.15, 0.2) is 0 Å². The first-order chi connectivity index (χ1) is 12.6. The minimum atomic E-state index is -0.760. The van der Waals surface area contributed by atoms with Crippen molar-refractivity contribution in [3.05, 3.63) is 84.1 Å². The zero-order valence-electron chi connectivity index (χ0n) is 14.1. The minimum Gasteiger partial charge on any atom is -0.368 e. The summed E-state index contributed by atoms with van der Waals surface area (Å²) in [4.78, 5) is 28.2. The number of pyridine rings is 1. The lowest BCUT2D eigenvalue weighted by Crippen LogP contribution is -2.45. The third kappa shape index (κ3) is 4.33. The van der Waals surface area contributed by atoms with Crippen molar-refractivity contribution < 1.29 is 9.59 Å². The topological polar surface area (TPSA) is 85.1 Å². The summed E-state index contributed by atoms with van der Waals surface area (Å²) in [6.07, 6.45) is 5.16. The molecule has 0 saturated heterocycles. The Morgan fingerprint density at radius 1 is 1.04 bits per heavy atom. The normalized spacial score (nSPS) is 12.2. The number of carbonyl (C=O) groups excluding carboxylic acids is 2. The molecular formula is C21H19N3O2. The highest BCUT2D eigenvalue weighted by atomic mass is 16.2. The zero-order valence-corrected chi connectivity index (χ0v) is 14.1. The molecule has 1 aromatic heterocycles. The summed E-state index contributed by atoms with van der Waals surface area (Å²) in [7, 11) is 0. The van der Waals surface area contributed by atoms with E-state index in [1.54, 1.807) is 12.3 Å². The fourth-order valence-electron chi connectivity index (χ4n) is 2.72. The average molecular weight is 345 g/mol. The molecule has 3 aromatic rings. The van der Waals surface area contributed by atoms with Crippen LogP contribution < -0.4 is 11.1 Å². The Labute approximate surface area is 151 Å². The van der Waals surface area contributed by atoms with Gasteiger partial charge in [0.05, 0.1) is 5.52 Å². The Morgan fingerprint density at radius 2 is 1.77 bits per heavy atom. The Kier molecular flexibility index (Phi) is 5.39. The summed E-state index contributed by atoms with van der Waals surface area (Å²) < 4.78 is 0. The van der Waals surface area contributed by atoms with Crippen LogP contribution in [0.25, 0.3) is 17.0 Å². The first-order valence-electron chi connectivity index (χ1n) is 8.29. The molecule has 0 fully saturated rings. The second-order valence-electron chi connectivity index (χ2n) is 5.90. The maximum Gasteiger partial charge on any atom is 0.244 e. The van der Waals surface area contributed by atoms with Crippen molar-refractivity contribution in [2.75, 3.05) is 0 Å². The summed E-state index contributed by atoms with van der Waals surface area (Å²) in [6.45, 7) is 0. The quantitative estimate of drug-likeness (QED) is 0.673. The van der Waals surface area contributed by atoms with Gasteiger partial charge in [0, 0.05) is 24.1 Å². The molecule has 0 spiro atoms. The standard InChI is InChI=1S/C21H19N3O2/c22-21(26)19(14-15-6-2-1-3-7-15)24-20(25)11-10-16-12-13-23-18-9-5-4-8-17(16)18/h1-13,19H,14H2,(H2,22,26)(H,24,25)/b11-10-/t19-/m0/s1. The number of rotatable bonds is 6. The van der Waals surface area contributed by atoms with Gasteiger partial charge in [-0.25, -0.2) is 0 Å². The first kappa shape index (κ1) is 17.4. The van der Waals surface area contributed by atoms with Crippen LogP contribution in [0.5, 0.6) is 0 Å². The third-order valence-corrected chi connectivity index (χ3v) is 4.04. The molecule has 130 valence electrons. The molecule has 5 nitrogen and oxygen atoms in total. The number of hydrogen-bond acceptors (Lipinski definition) is 3. The second-order valence-corrected chi connectivity index (χ2v) is 5.90. The van der Waals surface area contributed by atoms with Crippen LogP contribution in [0, 0.1) is 0 Å². The number of nitrogens with one attached hydrogen (secondary N) is 1. The summed E-state index contributed by atoms with van der Waals surface area (Å²) >= 11 is 0. The molecule has 0 radical (unpaired) electrons. The smallest absolute Gasteiger partial charge is 0.244 e. The Balaban J connectivity index is 1.72. The Morgan fingerprint density at radius 3 is 2.54 bits per heavy atom. The number of carbonyl (C=O) groups is 2. The highest BCUT2D eigenvalue weighted by Crippen LogP contribution is 2.17. The number of benzene rings is 2. The highest BCUT2D eigenvalue weighted by molar-refractivity contribution is 5.97. The van der Waals surface area contributed by atoms with E-state index < -0.39 is 11.9 Å². The molecule has 0 saturated carbocycles. The summed E-state index contributed by atoms with van der Waals surface area (Å²) in [5.41, 5.74) is 8.09. The number of nitrogens with two attached hydrogens (primary N) is 1. The lowest BCUT2D eigenvalue weighted by molar-refractivity contribution is -0.124. The highest BCUT2D eigenvalue weighted by Gasteiger charge is 2.17. The van der Waals surface area contributed by atoms with Gasteiger partial charge in [0.25, 0.3) is 0 Å². The van der Waals surface area contributed by atoms with E-state index in [0.29, 0.717) is 6.42 Å². The maximum atomic E-state index is 12.2. The van der Waals surface area contributed by atoms with Crippen LogP contribution in [-0.2, 0) is 16.0 Å². The largest absolute Gasteiger partial charge is 0.368 e. The van der Waals surface area contributed by atoms with E-state index in [9.17, 15) is 9.59 Å². The molecular weight excluding hydrogens is 326 g/mol. The van der Waals surface area contributed by atoms with Crippen molar-refractivity contribution in [1.82, 2.24) is 10.3 Å². The van der Waals surface area contributed by atoms with E-state index >= 15 is 0 Å². The summed E-state index contributed by atoms with van der Waals surface area (Å²) in [6, 6.07) is 18.2. The Hall–Kier alpha value is -3.47. The van der Waals surface area contributed by atoms with Crippen molar-refractivity contribution in [1.29, 1.82) is 0 Å². The molecule has 2 amide bonds. The van der Waals surface area contributed by atoms with E-state index in [0.717, 1.165) is 22.0 Å². The predicted octanol–water partition coefficient (Wildman–Crippen LogP) is 2.46. The summed E-state index contributed by atoms with van der Waals surface area (Å²) in [5, 5.41) is 3.62. The van der Waals surface area contributed by atoms with Crippen LogP contribution in [0.15, 0.2) is 72.9 Å². The monoisotopic (exact) mass is 345 g/mol. The van der Waals surface area contributed by atoms with E-state index in [-0.39, 0.29) is 5.91 Å². The zero-order chi connectivity index (χ0) is 18.4. The molecule has 3 rings (SSSR count). The van der Waals surface area contributed by atoms with Crippen LogP contribution in [0.4, 0.5) is 0 Å². The Bertz CT molecular complexity index is 946. The van der Waals surface area contributed by atoms with Crippen LogP contribution >= 0.6 is 0 Å². The number of fused-ring (bicyclic) bond motifs is 1. The molecule has 0 aliphatic rings. The molecule has 0 aliphatic heterocycles. The van der Waals surface area contributed by atoms with Crippen molar-refractivity contribution in [3.63, 3.8) is 0 Å². The molecule has 2 aromatic carbocycles. The van der Waals surface area contributed by atoms with Gasteiger partial charge in [-0.3, -0.25) is 14.6 Å². The van der Waals surface area contributed by atoms with Crippen molar-refractivity contribution >= 4 is 28.8 Å². The second kappa shape index (κ2) is 8.07. The molecule has 0 bridgehead atoms. The van der Waals surface area contributed by atoms with E-state index in [2.05, 4.69) is 10.3 Å². The van der Waals surface area contributed by atoms with Gasteiger partial charge in [-0.15, -0.1) is 0 Å². The average Bonchev–Trinajstić information content (AvgIpc) is 2.66. The van der Waals surface area contributed by atoms with Crippen molar-refractivity contribution in [2.45, 2.75) is 12.5 Å². The molecule has 3 N–H and O–H groups in total. The molecule has 1 atom stereocenters. The van der Waals surface area contributed by atoms with Crippen molar-refractivity contribution in [2.24, 2.45) is 5.73 Å². The minimum absolute atomic E-state index is 0.355. The molecule has 26 heavy (non-hydrogen) atoms. The fourth-order valence-corrected chi connectivity index (χ4v) is 2.72. The van der Waals surface area contributed by atoms with Crippen LogP contribution in [-0.4, -0.2) is 22.8 Å². The van der Waals surface area contributed by atoms with Crippen LogP contribution in [0.2, 0.25) is 0 Å². The fraction of sp³-hybridized carbons (Fsp3) is 0.0952. The third-order valence-electron chi connectivity index (χ3n) is 4.04. The van der Waals surface area contributed by atoms with Gasteiger partial charge >= 0.3 is 0 Å². The van der Waals surface area contributed by atoms with Gasteiger partial charge in [-0.2, -0.15) is 0 Å².